The predicted molar refractivity (Wildman–Crippen MR) is 75.4 cm³/mol. The van der Waals surface area contributed by atoms with Crippen LogP contribution in [0.4, 0.5) is 11.5 Å². The summed E-state index contributed by atoms with van der Waals surface area (Å²) in [5, 5.41) is 0.470. The van der Waals surface area contributed by atoms with Crippen LogP contribution in [0.15, 0.2) is 42.7 Å². The third kappa shape index (κ3) is 3.20. The topological polar surface area (TPSA) is 29.0 Å². The zero-order valence-corrected chi connectivity index (χ0v) is 11.1. The van der Waals surface area contributed by atoms with Gasteiger partial charge in [-0.05, 0) is 18.6 Å². The zero-order chi connectivity index (χ0) is 12.8. The Morgan fingerprint density at radius 2 is 1.94 bits per heavy atom. The summed E-state index contributed by atoms with van der Waals surface area (Å²) in [5.74, 6) is 0.842. The van der Waals surface area contributed by atoms with Crippen LogP contribution in [0.3, 0.4) is 0 Å². The summed E-state index contributed by atoms with van der Waals surface area (Å²) in [5.41, 5.74) is 1.13. The van der Waals surface area contributed by atoms with Gasteiger partial charge in [-0.3, -0.25) is 0 Å². The Bertz CT molecular complexity index is 487. The highest BCUT2D eigenvalue weighted by Crippen LogP contribution is 2.24. The van der Waals surface area contributed by atoms with Crippen LogP contribution in [0.2, 0.25) is 5.15 Å². The number of benzene rings is 1. The standard InChI is InChI=1S/C14H16ClN3/c1-2-3-9-18(12-7-5-4-6-8-12)14-10-13(15)16-11-17-14/h4-8,10-11H,2-3,9H2,1H3. The molecule has 18 heavy (non-hydrogen) atoms. The van der Waals surface area contributed by atoms with Crippen molar-refractivity contribution in [2.24, 2.45) is 0 Å². The van der Waals surface area contributed by atoms with Crippen LogP contribution in [-0.4, -0.2) is 16.5 Å². The fourth-order valence-electron chi connectivity index (χ4n) is 1.77. The highest BCUT2D eigenvalue weighted by Gasteiger charge is 2.10. The molecule has 0 spiro atoms. The molecular formula is C14H16ClN3. The minimum Gasteiger partial charge on any atom is -0.326 e. The quantitative estimate of drug-likeness (QED) is 0.760. The summed E-state index contributed by atoms with van der Waals surface area (Å²) in [6.45, 7) is 3.10. The van der Waals surface area contributed by atoms with E-state index in [0.29, 0.717) is 5.15 Å². The molecule has 1 aromatic heterocycles. The van der Waals surface area contributed by atoms with Crippen molar-refractivity contribution in [3.8, 4) is 0 Å². The van der Waals surface area contributed by atoms with Crippen LogP contribution in [0, 0.1) is 0 Å². The molecule has 94 valence electrons. The number of anilines is 2. The molecule has 0 fully saturated rings. The smallest absolute Gasteiger partial charge is 0.137 e. The summed E-state index contributed by atoms with van der Waals surface area (Å²) in [4.78, 5) is 10.4. The average Bonchev–Trinajstić information content (AvgIpc) is 2.40. The van der Waals surface area contributed by atoms with Crippen molar-refractivity contribution in [1.82, 2.24) is 9.97 Å². The van der Waals surface area contributed by atoms with Gasteiger partial charge in [-0.1, -0.05) is 43.1 Å². The van der Waals surface area contributed by atoms with Crippen LogP contribution >= 0.6 is 11.6 Å². The van der Waals surface area contributed by atoms with Gasteiger partial charge in [-0.2, -0.15) is 0 Å². The lowest BCUT2D eigenvalue weighted by Gasteiger charge is -2.23. The second kappa shape index (κ2) is 6.36. The molecule has 0 N–H and O–H groups in total. The first-order chi connectivity index (χ1) is 8.81. The normalized spacial score (nSPS) is 10.3. The Hall–Kier alpha value is -1.61. The second-order valence-electron chi connectivity index (χ2n) is 4.04. The molecule has 4 heteroatoms. The lowest BCUT2D eigenvalue weighted by molar-refractivity contribution is 0.778. The average molecular weight is 262 g/mol. The molecule has 0 atom stereocenters. The van der Waals surface area contributed by atoms with E-state index >= 15 is 0 Å². The van der Waals surface area contributed by atoms with E-state index in [2.05, 4.69) is 33.9 Å². The minimum absolute atomic E-state index is 0.470. The fraction of sp³-hybridized carbons (Fsp3) is 0.286. The van der Waals surface area contributed by atoms with Crippen LogP contribution in [0.1, 0.15) is 19.8 Å². The molecule has 3 nitrogen and oxygen atoms in total. The Labute approximate surface area is 112 Å². The lowest BCUT2D eigenvalue weighted by Crippen LogP contribution is -2.19. The summed E-state index contributed by atoms with van der Waals surface area (Å²) < 4.78 is 0. The van der Waals surface area contributed by atoms with Gasteiger partial charge >= 0.3 is 0 Å². The lowest BCUT2D eigenvalue weighted by atomic mass is 10.2. The second-order valence-corrected chi connectivity index (χ2v) is 4.43. The monoisotopic (exact) mass is 261 g/mol. The summed E-state index contributed by atoms with van der Waals surface area (Å²) in [6.07, 6.45) is 3.75. The van der Waals surface area contributed by atoms with Crippen LogP contribution in [0.5, 0.6) is 0 Å². The van der Waals surface area contributed by atoms with Gasteiger partial charge in [-0.25, -0.2) is 9.97 Å². The largest absolute Gasteiger partial charge is 0.326 e. The molecule has 0 amide bonds. The van der Waals surface area contributed by atoms with E-state index in [4.69, 9.17) is 11.6 Å². The predicted octanol–water partition coefficient (Wildman–Crippen LogP) is 4.07. The molecule has 0 radical (unpaired) electrons. The van der Waals surface area contributed by atoms with Crippen molar-refractivity contribution in [1.29, 1.82) is 0 Å². The van der Waals surface area contributed by atoms with Crippen molar-refractivity contribution in [3.05, 3.63) is 47.9 Å². The minimum atomic E-state index is 0.470. The van der Waals surface area contributed by atoms with Gasteiger partial charge in [0.25, 0.3) is 0 Å². The van der Waals surface area contributed by atoms with Gasteiger partial charge in [-0.15, -0.1) is 0 Å². The molecular weight excluding hydrogens is 246 g/mol. The molecule has 2 rings (SSSR count). The Morgan fingerprint density at radius 1 is 1.17 bits per heavy atom. The number of hydrogen-bond donors (Lipinski definition) is 0. The third-order valence-electron chi connectivity index (χ3n) is 2.70. The fourth-order valence-corrected chi connectivity index (χ4v) is 1.91. The van der Waals surface area contributed by atoms with Crippen LogP contribution in [-0.2, 0) is 0 Å². The first-order valence-corrected chi connectivity index (χ1v) is 6.49. The molecule has 0 saturated carbocycles. The Balaban J connectivity index is 2.31. The van der Waals surface area contributed by atoms with E-state index in [9.17, 15) is 0 Å². The Kier molecular flexibility index (Phi) is 4.53. The molecule has 0 bridgehead atoms. The first kappa shape index (κ1) is 12.8. The number of para-hydroxylation sites is 1. The van der Waals surface area contributed by atoms with Crippen molar-refractivity contribution in [3.63, 3.8) is 0 Å². The maximum atomic E-state index is 5.93. The van der Waals surface area contributed by atoms with Gasteiger partial charge in [0.05, 0.1) is 0 Å². The van der Waals surface area contributed by atoms with Gasteiger partial charge in [0, 0.05) is 18.3 Å². The summed E-state index contributed by atoms with van der Waals surface area (Å²) in [6, 6.07) is 12.0. The maximum absolute atomic E-state index is 5.93. The van der Waals surface area contributed by atoms with E-state index in [1.165, 1.54) is 6.33 Å². The van der Waals surface area contributed by atoms with Gasteiger partial charge < -0.3 is 4.90 Å². The van der Waals surface area contributed by atoms with E-state index < -0.39 is 0 Å². The summed E-state index contributed by atoms with van der Waals surface area (Å²) in [7, 11) is 0. The van der Waals surface area contributed by atoms with Crippen molar-refractivity contribution < 1.29 is 0 Å². The zero-order valence-electron chi connectivity index (χ0n) is 10.4. The molecule has 0 aliphatic rings. The van der Waals surface area contributed by atoms with E-state index in [0.717, 1.165) is 30.9 Å². The summed E-state index contributed by atoms with van der Waals surface area (Å²) >= 11 is 5.93. The van der Waals surface area contributed by atoms with E-state index in [-0.39, 0.29) is 0 Å². The van der Waals surface area contributed by atoms with Gasteiger partial charge in [0.15, 0.2) is 0 Å². The molecule has 1 aromatic carbocycles. The number of unbranched alkanes of at least 4 members (excludes halogenated alkanes) is 1. The van der Waals surface area contributed by atoms with Gasteiger partial charge in [0.1, 0.15) is 17.3 Å². The van der Waals surface area contributed by atoms with E-state index in [1.807, 2.05) is 18.2 Å². The van der Waals surface area contributed by atoms with Gasteiger partial charge in [0.2, 0.25) is 0 Å². The molecule has 0 saturated heterocycles. The van der Waals surface area contributed by atoms with Crippen molar-refractivity contribution in [2.45, 2.75) is 19.8 Å². The highest BCUT2D eigenvalue weighted by molar-refractivity contribution is 6.29. The van der Waals surface area contributed by atoms with Crippen molar-refractivity contribution >= 4 is 23.1 Å². The van der Waals surface area contributed by atoms with E-state index in [1.54, 1.807) is 6.07 Å². The molecule has 2 aromatic rings. The number of nitrogens with zero attached hydrogens (tertiary/aromatic N) is 3. The first-order valence-electron chi connectivity index (χ1n) is 6.11. The number of halogens is 1. The number of hydrogen-bond acceptors (Lipinski definition) is 3. The number of aromatic nitrogens is 2. The SMILES string of the molecule is CCCCN(c1ccccc1)c1cc(Cl)ncn1. The highest BCUT2D eigenvalue weighted by atomic mass is 35.5. The molecule has 0 unspecified atom stereocenters. The Morgan fingerprint density at radius 3 is 2.61 bits per heavy atom. The maximum Gasteiger partial charge on any atom is 0.137 e. The molecule has 1 heterocycles. The van der Waals surface area contributed by atoms with Crippen molar-refractivity contribution in [2.75, 3.05) is 11.4 Å². The third-order valence-corrected chi connectivity index (χ3v) is 2.91. The van der Waals surface area contributed by atoms with Crippen LogP contribution in [0.25, 0.3) is 0 Å². The molecule has 0 aliphatic heterocycles. The van der Waals surface area contributed by atoms with Crippen LogP contribution < -0.4 is 4.90 Å². The number of rotatable bonds is 5. The molecule has 0 aliphatic carbocycles.